The average Bonchev–Trinajstić information content (AvgIpc) is 2.80. The molecule has 7 heteroatoms. The van der Waals surface area contributed by atoms with Crippen LogP contribution in [0.25, 0.3) is 0 Å². The summed E-state index contributed by atoms with van der Waals surface area (Å²) < 4.78 is 34.7. The number of phosphoric ester groups is 1. The van der Waals surface area contributed by atoms with Crippen molar-refractivity contribution in [3.05, 3.63) is 65.2 Å². The minimum absolute atomic E-state index is 0.0632. The number of aromatic hydroxyl groups is 1. The van der Waals surface area contributed by atoms with Crippen LogP contribution in [0.2, 0.25) is 0 Å². The fraction of sp³-hybridized carbons (Fsp3) is 0.462. The molecule has 0 aliphatic heterocycles. The third-order valence-corrected chi connectivity index (χ3v) is 7.10. The number of rotatable bonds is 12. The first-order valence-electron chi connectivity index (χ1n) is 11.6. The Bertz CT molecular complexity index is 972. The molecule has 0 amide bonds. The predicted molar refractivity (Wildman–Crippen MR) is 130 cm³/mol. The maximum atomic E-state index is 12.9. The van der Waals surface area contributed by atoms with Gasteiger partial charge in [-0.2, -0.15) is 0 Å². The zero-order valence-electron chi connectivity index (χ0n) is 19.8. The Morgan fingerprint density at radius 1 is 1.15 bits per heavy atom. The molecule has 2 atom stereocenters. The van der Waals surface area contributed by atoms with Crippen molar-refractivity contribution in [2.45, 2.75) is 64.7 Å². The highest BCUT2D eigenvalue weighted by Gasteiger charge is 2.28. The predicted octanol–water partition coefficient (Wildman–Crippen LogP) is 7.53. The van der Waals surface area contributed by atoms with Crippen molar-refractivity contribution in [2.24, 2.45) is 0 Å². The van der Waals surface area contributed by atoms with Gasteiger partial charge in [0.25, 0.3) is 0 Å². The third-order valence-electron chi connectivity index (χ3n) is 5.80. The molecule has 1 aliphatic carbocycles. The summed E-state index contributed by atoms with van der Waals surface area (Å²) in [5, 5.41) is 10.9. The summed E-state index contributed by atoms with van der Waals surface area (Å²) in [5.74, 6) is 1.21. The lowest BCUT2D eigenvalue weighted by Crippen LogP contribution is -2.10. The Morgan fingerprint density at radius 3 is 2.64 bits per heavy atom. The molecule has 2 aromatic carbocycles. The SMILES string of the molecule is CCCCCc1cc(O)c(C2C=C(C)CCC2)c(OCOP(=O)(OC)Oc2ccccc2)c1. The molecule has 0 saturated heterocycles. The topological polar surface area (TPSA) is 74.2 Å². The molecule has 6 nitrogen and oxygen atoms in total. The highest BCUT2D eigenvalue weighted by molar-refractivity contribution is 7.48. The van der Waals surface area contributed by atoms with Crippen LogP contribution in [0.1, 0.15) is 69.4 Å². The minimum atomic E-state index is -3.86. The van der Waals surface area contributed by atoms with Gasteiger partial charge in [0.1, 0.15) is 17.2 Å². The van der Waals surface area contributed by atoms with Crippen LogP contribution in [0, 0.1) is 0 Å². The second-order valence-electron chi connectivity index (χ2n) is 8.42. The molecule has 2 aromatic rings. The van der Waals surface area contributed by atoms with E-state index >= 15 is 0 Å². The molecule has 1 aliphatic rings. The first-order chi connectivity index (χ1) is 15.9. The standard InChI is InChI=1S/C26H35O6P/c1-4-5-7-12-21-17-24(27)26(22-13-10-11-20(2)16-22)25(18-21)30-19-31-33(28,29-3)32-23-14-8-6-9-15-23/h6,8-9,14-18,22,27H,4-5,7,10-13,19H2,1-3H3. The van der Waals surface area contributed by atoms with Gasteiger partial charge in [-0.1, -0.05) is 49.6 Å². The maximum absolute atomic E-state index is 12.9. The summed E-state index contributed by atoms with van der Waals surface area (Å²) in [4.78, 5) is 0. The van der Waals surface area contributed by atoms with Gasteiger partial charge in [0.2, 0.25) is 6.79 Å². The molecular weight excluding hydrogens is 439 g/mol. The highest BCUT2D eigenvalue weighted by Crippen LogP contribution is 2.49. The van der Waals surface area contributed by atoms with E-state index in [1.165, 1.54) is 12.7 Å². The number of allylic oxidation sites excluding steroid dienone is 2. The number of aryl methyl sites for hydroxylation is 1. The number of hydrogen-bond donors (Lipinski definition) is 1. The molecule has 33 heavy (non-hydrogen) atoms. The van der Waals surface area contributed by atoms with Crippen LogP contribution in [-0.4, -0.2) is 19.0 Å². The second-order valence-corrected chi connectivity index (χ2v) is 10.1. The Balaban J connectivity index is 1.78. The van der Waals surface area contributed by atoms with Crippen molar-refractivity contribution >= 4 is 7.82 Å². The maximum Gasteiger partial charge on any atom is 0.532 e. The quantitative estimate of drug-likeness (QED) is 0.148. The van der Waals surface area contributed by atoms with Crippen molar-refractivity contribution < 1.29 is 28.0 Å². The first-order valence-corrected chi connectivity index (χ1v) is 13.1. The lowest BCUT2D eigenvalue weighted by molar-refractivity contribution is 0.0771. The van der Waals surface area contributed by atoms with E-state index in [9.17, 15) is 9.67 Å². The smallest absolute Gasteiger partial charge is 0.507 e. The van der Waals surface area contributed by atoms with Gasteiger partial charge in [0.15, 0.2) is 0 Å². The molecule has 0 radical (unpaired) electrons. The van der Waals surface area contributed by atoms with Gasteiger partial charge in [-0.3, -0.25) is 4.52 Å². The molecule has 0 fully saturated rings. The summed E-state index contributed by atoms with van der Waals surface area (Å²) >= 11 is 0. The van der Waals surface area contributed by atoms with Crippen molar-refractivity contribution in [2.75, 3.05) is 13.9 Å². The van der Waals surface area contributed by atoms with Crippen molar-refractivity contribution in [1.82, 2.24) is 0 Å². The van der Waals surface area contributed by atoms with Crippen LogP contribution < -0.4 is 9.26 Å². The van der Waals surface area contributed by atoms with E-state index in [0.29, 0.717) is 11.5 Å². The number of hydrogen-bond acceptors (Lipinski definition) is 6. The Hall–Kier alpha value is -2.27. The fourth-order valence-corrected chi connectivity index (χ4v) is 4.90. The Kier molecular flexibility index (Phi) is 9.42. The van der Waals surface area contributed by atoms with Gasteiger partial charge in [0.05, 0.1) is 0 Å². The lowest BCUT2D eigenvalue weighted by Gasteiger charge is -2.24. The highest BCUT2D eigenvalue weighted by atomic mass is 31.2. The number of phenolic OH excluding ortho intramolecular Hbond substituents is 1. The number of ether oxygens (including phenoxy) is 1. The average molecular weight is 475 g/mol. The Labute approximate surface area is 197 Å². The molecule has 3 rings (SSSR count). The van der Waals surface area contributed by atoms with E-state index in [2.05, 4.69) is 19.9 Å². The number of phosphoric acid groups is 1. The second kappa shape index (κ2) is 12.3. The van der Waals surface area contributed by atoms with E-state index in [-0.39, 0.29) is 18.5 Å². The van der Waals surface area contributed by atoms with Crippen molar-refractivity contribution in [1.29, 1.82) is 0 Å². The van der Waals surface area contributed by atoms with Gasteiger partial charge >= 0.3 is 7.82 Å². The first kappa shape index (κ1) is 25.4. The summed E-state index contributed by atoms with van der Waals surface area (Å²) in [6.07, 6.45) is 9.40. The summed E-state index contributed by atoms with van der Waals surface area (Å²) in [5.41, 5.74) is 3.06. The molecule has 0 spiro atoms. The van der Waals surface area contributed by atoms with Crippen molar-refractivity contribution in [3.63, 3.8) is 0 Å². The largest absolute Gasteiger partial charge is 0.532 e. The van der Waals surface area contributed by atoms with Gasteiger partial charge in [-0.15, -0.1) is 0 Å². The van der Waals surface area contributed by atoms with Crippen LogP contribution >= 0.6 is 7.82 Å². The van der Waals surface area contributed by atoms with E-state index < -0.39 is 7.82 Å². The van der Waals surface area contributed by atoms with Gasteiger partial charge in [-0.05, 0) is 68.9 Å². The molecule has 1 N–H and O–H groups in total. The zero-order chi connectivity index (χ0) is 23.7. The lowest BCUT2D eigenvalue weighted by atomic mass is 9.84. The van der Waals surface area contributed by atoms with Crippen molar-refractivity contribution in [3.8, 4) is 17.2 Å². The molecule has 0 aromatic heterocycles. The van der Waals surface area contributed by atoms with E-state index in [1.807, 2.05) is 18.2 Å². The van der Waals surface area contributed by atoms with Crippen LogP contribution in [0.15, 0.2) is 54.1 Å². The van der Waals surface area contributed by atoms with Crippen LogP contribution in [0.4, 0.5) is 0 Å². The number of benzene rings is 2. The molecule has 0 heterocycles. The molecular formula is C26H35O6P. The van der Waals surface area contributed by atoms with Crippen LogP contribution in [0.5, 0.6) is 17.2 Å². The molecule has 180 valence electrons. The number of phenols is 1. The van der Waals surface area contributed by atoms with Gasteiger partial charge < -0.3 is 14.4 Å². The van der Waals surface area contributed by atoms with Gasteiger partial charge in [-0.25, -0.2) is 9.09 Å². The van der Waals surface area contributed by atoms with E-state index in [0.717, 1.165) is 56.1 Å². The van der Waals surface area contributed by atoms with Crippen LogP contribution in [-0.2, 0) is 20.0 Å². The number of para-hydroxylation sites is 1. The summed E-state index contributed by atoms with van der Waals surface area (Å²) in [6, 6.07) is 12.5. The third kappa shape index (κ3) is 7.36. The summed E-state index contributed by atoms with van der Waals surface area (Å²) in [7, 11) is -2.59. The zero-order valence-corrected chi connectivity index (χ0v) is 20.7. The van der Waals surface area contributed by atoms with E-state index in [1.54, 1.807) is 24.3 Å². The van der Waals surface area contributed by atoms with Gasteiger partial charge in [0, 0.05) is 18.6 Å². The normalized spacial score (nSPS) is 17.8. The fourth-order valence-electron chi connectivity index (χ4n) is 4.10. The molecule has 2 unspecified atom stereocenters. The minimum Gasteiger partial charge on any atom is -0.507 e. The molecule has 0 saturated carbocycles. The monoisotopic (exact) mass is 474 g/mol. The number of unbranched alkanes of at least 4 members (excludes halogenated alkanes) is 2. The summed E-state index contributed by atoms with van der Waals surface area (Å²) in [6.45, 7) is 3.94. The van der Waals surface area contributed by atoms with Crippen LogP contribution in [0.3, 0.4) is 0 Å². The Morgan fingerprint density at radius 2 is 1.94 bits per heavy atom. The van der Waals surface area contributed by atoms with E-state index in [4.69, 9.17) is 18.3 Å². The molecule has 0 bridgehead atoms.